The topological polar surface area (TPSA) is 45.2 Å². The predicted octanol–water partition coefficient (Wildman–Crippen LogP) is 4.62. The van der Waals surface area contributed by atoms with Gasteiger partial charge >= 0.3 is 0 Å². The molecule has 4 rings (SSSR count). The Morgan fingerprint density at radius 2 is 2.14 bits per heavy atom. The lowest BCUT2D eigenvalue weighted by atomic mass is 9.94. The van der Waals surface area contributed by atoms with Crippen LogP contribution in [0.5, 0.6) is 0 Å². The molecule has 4 nitrogen and oxygen atoms in total. The fourth-order valence-corrected chi connectivity index (χ4v) is 4.97. The molecule has 1 aliphatic heterocycles. The van der Waals surface area contributed by atoms with E-state index < -0.39 is 0 Å². The fraction of sp³-hybridized carbons (Fsp3) is 0.565. The number of aromatic nitrogens is 1. The van der Waals surface area contributed by atoms with Gasteiger partial charge in [0.25, 0.3) is 5.91 Å². The molecule has 150 valence electrons. The fourth-order valence-electron chi connectivity index (χ4n) is 4.60. The number of amides is 1. The molecule has 2 aromatic rings. The molecule has 1 fully saturated rings. The average Bonchev–Trinajstić information content (AvgIpc) is 2.71. The first-order chi connectivity index (χ1) is 13.6. The van der Waals surface area contributed by atoms with Gasteiger partial charge in [0.15, 0.2) is 0 Å². The second kappa shape index (κ2) is 8.79. The summed E-state index contributed by atoms with van der Waals surface area (Å²) in [6.07, 6.45) is 7.96. The number of nitrogens with zero attached hydrogens (tertiary/aromatic N) is 2. The first kappa shape index (κ1) is 19.7. The molecule has 1 N–H and O–H groups in total. The number of carbonyl (C=O) groups is 1. The van der Waals surface area contributed by atoms with Crippen LogP contribution in [-0.4, -0.2) is 42.0 Å². The molecule has 0 spiro atoms. The normalized spacial score (nSPS) is 20.1. The highest BCUT2D eigenvalue weighted by atomic mass is 35.5. The van der Waals surface area contributed by atoms with Gasteiger partial charge < -0.3 is 10.2 Å². The van der Waals surface area contributed by atoms with Crippen molar-refractivity contribution >= 4 is 28.4 Å². The Morgan fingerprint density at radius 3 is 3.00 bits per heavy atom. The molecule has 1 aromatic heterocycles. The summed E-state index contributed by atoms with van der Waals surface area (Å²) in [5.41, 5.74) is 3.81. The number of piperidine rings is 1. The van der Waals surface area contributed by atoms with Crippen LogP contribution in [0, 0.1) is 5.92 Å². The van der Waals surface area contributed by atoms with Crippen molar-refractivity contribution in [1.82, 2.24) is 15.2 Å². The number of aryl methyl sites for hydroxylation is 1. The monoisotopic (exact) mass is 399 g/mol. The van der Waals surface area contributed by atoms with Gasteiger partial charge in [0.2, 0.25) is 0 Å². The number of carbonyl (C=O) groups excluding carboxylic acids is 1. The van der Waals surface area contributed by atoms with Crippen LogP contribution in [0.15, 0.2) is 18.2 Å². The van der Waals surface area contributed by atoms with Crippen molar-refractivity contribution in [3.63, 3.8) is 0 Å². The Labute approximate surface area is 172 Å². The standard InChI is InChI=1S/C23H30ClN3O/c1-16-6-4-12-27(15-16)13-5-11-25-23(28)17-9-10-19-21(14-17)26-20-8-3-2-7-18(20)22(19)24/h9-10,14,16H,2-8,11-13,15H2,1H3,(H,25,28)/t16-/m1/s1. The van der Waals surface area contributed by atoms with Gasteiger partial charge in [0.1, 0.15) is 0 Å². The summed E-state index contributed by atoms with van der Waals surface area (Å²) >= 11 is 6.63. The Balaban J connectivity index is 1.37. The third kappa shape index (κ3) is 4.33. The SMILES string of the molecule is C[C@@H]1CCCN(CCCNC(=O)c2ccc3c(Cl)c4c(nc3c2)CCCC4)C1. The number of halogens is 1. The van der Waals surface area contributed by atoms with Crippen LogP contribution >= 0.6 is 11.6 Å². The van der Waals surface area contributed by atoms with Crippen molar-refractivity contribution in [3.05, 3.63) is 40.0 Å². The Morgan fingerprint density at radius 1 is 1.29 bits per heavy atom. The number of nitrogens with one attached hydrogen (secondary N) is 1. The third-order valence-electron chi connectivity index (χ3n) is 6.13. The summed E-state index contributed by atoms with van der Waals surface area (Å²) in [6, 6.07) is 5.70. The lowest BCUT2D eigenvalue weighted by Crippen LogP contribution is -2.36. The minimum absolute atomic E-state index is 0.0236. The van der Waals surface area contributed by atoms with Crippen LogP contribution in [0.1, 0.15) is 60.6 Å². The van der Waals surface area contributed by atoms with E-state index >= 15 is 0 Å². The lowest BCUT2D eigenvalue weighted by molar-refractivity contribution is 0.0950. The van der Waals surface area contributed by atoms with Crippen LogP contribution < -0.4 is 5.32 Å². The van der Waals surface area contributed by atoms with Crippen molar-refractivity contribution in [2.24, 2.45) is 5.92 Å². The van der Waals surface area contributed by atoms with Crippen molar-refractivity contribution in [2.45, 2.75) is 51.9 Å². The summed E-state index contributed by atoms with van der Waals surface area (Å²) in [5.74, 6) is 0.774. The van der Waals surface area contributed by atoms with E-state index in [1.807, 2.05) is 18.2 Å². The smallest absolute Gasteiger partial charge is 0.251 e. The number of hydrogen-bond acceptors (Lipinski definition) is 3. The molecule has 1 amide bonds. The van der Waals surface area contributed by atoms with Gasteiger partial charge in [-0.25, -0.2) is 0 Å². The molecule has 2 aliphatic rings. The number of pyridine rings is 1. The van der Waals surface area contributed by atoms with E-state index in [1.54, 1.807) is 0 Å². The molecule has 1 saturated heterocycles. The molecule has 0 saturated carbocycles. The number of benzene rings is 1. The molecule has 1 aromatic carbocycles. The molecule has 1 aliphatic carbocycles. The highest BCUT2D eigenvalue weighted by Gasteiger charge is 2.18. The molecule has 0 radical (unpaired) electrons. The molecular formula is C23H30ClN3O. The van der Waals surface area contributed by atoms with E-state index in [9.17, 15) is 4.79 Å². The maximum atomic E-state index is 12.6. The second-order valence-corrected chi connectivity index (χ2v) is 8.83. The van der Waals surface area contributed by atoms with E-state index in [0.29, 0.717) is 12.1 Å². The number of fused-ring (bicyclic) bond motifs is 2. The van der Waals surface area contributed by atoms with Gasteiger partial charge in [-0.3, -0.25) is 9.78 Å². The second-order valence-electron chi connectivity index (χ2n) is 8.45. The molecule has 0 bridgehead atoms. The van der Waals surface area contributed by atoms with E-state index in [0.717, 1.165) is 59.8 Å². The van der Waals surface area contributed by atoms with E-state index in [4.69, 9.17) is 16.6 Å². The van der Waals surface area contributed by atoms with Gasteiger partial charge in [-0.1, -0.05) is 24.6 Å². The predicted molar refractivity (Wildman–Crippen MR) is 115 cm³/mol. The van der Waals surface area contributed by atoms with Crippen LogP contribution in [0.25, 0.3) is 10.9 Å². The summed E-state index contributed by atoms with van der Waals surface area (Å²) in [4.78, 5) is 19.9. The first-order valence-electron chi connectivity index (χ1n) is 10.7. The molecule has 1 atom stereocenters. The van der Waals surface area contributed by atoms with Crippen molar-refractivity contribution in [2.75, 3.05) is 26.2 Å². The van der Waals surface area contributed by atoms with Gasteiger partial charge in [0.05, 0.1) is 10.5 Å². The third-order valence-corrected chi connectivity index (χ3v) is 6.56. The highest BCUT2D eigenvalue weighted by Crippen LogP contribution is 2.33. The average molecular weight is 400 g/mol. The van der Waals surface area contributed by atoms with Crippen molar-refractivity contribution in [1.29, 1.82) is 0 Å². The number of likely N-dealkylation sites (tertiary alicyclic amines) is 1. The quantitative estimate of drug-likeness (QED) is 0.746. The maximum absolute atomic E-state index is 12.6. The van der Waals surface area contributed by atoms with Gasteiger partial charge in [-0.15, -0.1) is 0 Å². The Kier molecular flexibility index (Phi) is 6.17. The summed E-state index contributed by atoms with van der Waals surface area (Å²) < 4.78 is 0. The maximum Gasteiger partial charge on any atom is 0.251 e. The zero-order chi connectivity index (χ0) is 19.5. The number of rotatable bonds is 5. The zero-order valence-corrected chi connectivity index (χ0v) is 17.5. The van der Waals surface area contributed by atoms with E-state index in [1.165, 1.54) is 37.9 Å². The van der Waals surface area contributed by atoms with E-state index in [-0.39, 0.29) is 5.91 Å². The summed E-state index contributed by atoms with van der Waals surface area (Å²) in [5, 5.41) is 4.84. The lowest BCUT2D eigenvalue weighted by Gasteiger charge is -2.30. The Bertz CT molecular complexity index is 867. The molecular weight excluding hydrogens is 370 g/mol. The van der Waals surface area contributed by atoms with Gasteiger partial charge in [-0.05, 0) is 81.6 Å². The van der Waals surface area contributed by atoms with Crippen LogP contribution in [0.2, 0.25) is 5.02 Å². The van der Waals surface area contributed by atoms with Gasteiger partial charge in [-0.2, -0.15) is 0 Å². The summed E-state index contributed by atoms with van der Waals surface area (Å²) in [7, 11) is 0. The molecule has 5 heteroatoms. The van der Waals surface area contributed by atoms with Crippen LogP contribution in [0.4, 0.5) is 0 Å². The largest absolute Gasteiger partial charge is 0.352 e. The first-order valence-corrected chi connectivity index (χ1v) is 11.1. The highest BCUT2D eigenvalue weighted by molar-refractivity contribution is 6.36. The van der Waals surface area contributed by atoms with Crippen molar-refractivity contribution < 1.29 is 4.79 Å². The molecule has 2 heterocycles. The van der Waals surface area contributed by atoms with Crippen molar-refractivity contribution in [3.8, 4) is 0 Å². The Hall–Kier alpha value is -1.65. The van der Waals surface area contributed by atoms with E-state index in [2.05, 4.69) is 17.1 Å². The minimum Gasteiger partial charge on any atom is -0.352 e. The molecule has 0 unspecified atom stereocenters. The minimum atomic E-state index is -0.0236. The molecule has 28 heavy (non-hydrogen) atoms. The van der Waals surface area contributed by atoms with Crippen LogP contribution in [0.3, 0.4) is 0 Å². The summed E-state index contributed by atoms with van der Waals surface area (Å²) in [6.45, 7) is 6.48. The van der Waals surface area contributed by atoms with Crippen LogP contribution in [-0.2, 0) is 12.8 Å². The number of hydrogen-bond donors (Lipinski definition) is 1. The zero-order valence-electron chi connectivity index (χ0n) is 16.8. The van der Waals surface area contributed by atoms with Gasteiger partial charge in [0, 0.05) is 29.7 Å².